The first-order chi connectivity index (χ1) is 14.4. The number of carbonyl (C=O) groups excluding carboxylic acids is 1. The summed E-state index contributed by atoms with van der Waals surface area (Å²) >= 11 is 0. The van der Waals surface area contributed by atoms with Gasteiger partial charge in [0.05, 0.1) is 49.9 Å². The Morgan fingerprint density at radius 2 is 2.03 bits per heavy atom. The van der Waals surface area contributed by atoms with E-state index in [1.165, 1.54) is 7.11 Å². The summed E-state index contributed by atoms with van der Waals surface area (Å²) in [4.78, 5) is 23.6. The third-order valence-corrected chi connectivity index (χ3v) is 5.01. The molecular weight excluding hydrogens is 386 g/mol. The van der Waals surface area contributed by atoms with E-state index >= 15 is 0 Å². The third kappa shape index (κ3) is 3.37. The predicted molar refractivity (Wildman–Crippen MR) is 110 cm³/mol. The molecule has 156 valence electrons. The monoisotopic (exact) mass is 409 g/mol. The molecule has 3 aromatic heterocycles. The highest BCUT2D eigenvalue weighted by Gasteiger charge is 2.37. The SMILES string of the molecule is COc1cc(-c2ccc3c(n2)[C@@H](C)N(c2ccn(C[C@@H](C)O)n2)C3=O)cnc1OC. The van der Waals surface area contributed by atoms with E-state index < -0.39 is 6.10 Å². The summed E-state index contributed by atoms with van der Waals surface area (Å²) in [5, 5.41) is 14.0. The number of fused-ring (bicyclic) bond motifs is 1. The van der Waals surface area contributed by atoms with Crippen molar-refractivity contribution in [1.29, 1.82) is 0 Å². The first kappa shape index (κ1) is 19.8. The second kappa shape index (κ2) is 7.75. The van der Waals surface area contributed by atoms with E-state index in [0.29, 0.717) is 40.9 Å². The van der Waals surface area contributed by atoms with Crippen LogP contribution in [0.3, 0.4) is 0 Å². The Morgan fingerprint density at radius 3 is 2.73 bits per heavy atom. The summed E-state index contributed by atoms with van der Waals surface area (Å²) in [6.45, 7) is 3.97. The topological polar surface area (TPSA) is 103 Å². The van der Waals surface area contributed by atoms with E-state index in [4.69, 9.17) is 14.5 Å². The van der Waals surface area contributed by atoms with Gasteiger partial charge in [0.25, 0.3) is 11.8 Å². The molecule has 4 heterocycles. The van der Waals surface area contributed by atoms with Gasteiger partial charge >= 0.3 is 0 Å². The van der Waals surface area contributed by atoms with Crippen LogP contribution in [0.1, 0.15) is 35.9 Å². The van der Waals surface area contributed by atoms with E-state index in [-0.39, 0.29) is 11.9 Å². The van der Waals surface area contributed by atoms with Gasteiger partial charge in [-0.1, -0.05) is 0 Å². The smallest absolute Gasteiger partial charge is 0.262 e. The molecule has 0 bridgehead atoms. The molecule has 0 aromatic carbocycles. The van der Waals surface area contributed by atoms with Gasteiger partial charge in [-0.25, -0.2) is 9.97 Å². The maximum Gasteiger partial charge on any atom is 0.262 e. The molecule has 1 amide bonds. The number of amides is 1. The summed E-state index contributed by atoms with van der Waals surface area (Å²) in [5.74, 6) is 1.28. The summed E-state index contributed by atoms with van der Waals surface area (Å²) in [6.07, 6.45) is 2.88. The number of hydrogen-bond acceptors (Lipinski definition) is 7. The van der Waals surface area contributed by atoms with Gasteiger partial charge in [-0.3, -0.25) is 14.4 Å². The van der Waals surface area contributed by atoms with Crippen molar-refractivity contribution in [3.8, 4) is 22.9 Å². The van der Waals surface area contributed by atoms with E-state index in [1.807, 2.05) is 6.92 Å². The van der Waals surface area contributed by atoms with Crippen LogP contribution in [0.25, 0.3) is 11.3 Å². The van der Waals surface area contributed by atoms with Crippen LogP contribution < -0.4 is 14.4 Å². The Kier molecular flexibility index (Phi) is 5.13. The fourth-order valence-corrected chi connectivity index (χ4v) is 3.59. The number of nitrogens with zero attached hydrogens (tertiary/aromatic N) is 5. The molecule has 0 unspecified atom stereocenters. The van der Waals surface area contributed by atoms with Gasteiger partial charge in [-0.05, 0) is 32.0 Å². The molecule has 0 fully saturated rings. The summed E-state index contributed by atoms with van der Waals surface area (Å²) in [7, 11) is 3.08. The van der Waals surface area contributed by atoms with Crippen molar-refractivity contribution in [3.05, 3.63) is 47.9 Å². The average Bonchev–Trinajstić information content (AvgIpc) is 3.28. The Balaban J connectivity index is 1.67. The van der Waals surface area contributed by atoms with Crippen LogP contribution in [-0.2, 0) is 6.54 Å². The van der Waals surface area contributed by atoms with Crippen LogP contribution in [0.5, 0.6) is 11.6 Å². The Labute approximate surface area is 173 Å². The van der Waals surface area contributed by atoms with Crippen LogP contribution in [0.15, 0.2) is 36.7 Å². The molecule has 0 aliphatic carbocycles. The Bertz CT molecular complexity index is 1090. The van der Waals surface area contributed by atoms with Crippen LogP contribution in [0.4, 0.5) is 5.82 Å². The van der Waals surface area contributed by atoms with Crippen LogP contribution in [0.2, 0.25) is 0 Å². The lowest BCUT2D eigenvalue weighted by Crippen LogP contribution is -2.27. The van der Waals surface area contributed by atoms with Crippen molar-refractivity contribution in [2.24, 2.45) is 0 Å². The number of hydrogen-bond donors (Lipinski definition) is 1. The lowest BCUT2D eigenvalue weighted by atomic mass is 10.1. The van der Waals surface area contributed by atoms with Gasteiger partial charge in [0.1, 0.15) is 0 Å². The number of aromatic nitrogens is 4. The maximum absolute atomic E-state index is 13.0. The maximum atomic E-state index is 13.0. The molecule has 0 radical (unpaired) electrons. The van der Waals surface area contributed by atoms with Gasteiger partial charge in [0.15, 0.2) is 11.6 Å². The molecule has 9 nitrogen and oxygen atoms in total. The fraction of sp³-hybridized carbons (Fsp3) is 0.333. The van der Waals surface area contributed by atoms with Crippen LogP contribution in [-0.4, -0.2) is 51.1 Å². The van der Waals surface area contributed by atoms with Crippen molar-refractivity contribution in [3.63, 3.8) is 0 Å². The first-order valence-corrected chi connectivity index (χ1v) is 9.57. The Hall–Kier alpha value is -3.46. The molecule has 4 rings (SSSR count). The zero-order chi connectivity index (χ0) is 21.4. The average molecular weight is 409 g/mol. The minimum atomic E-state index is -0.527. The number of ether oxygens (including phenoxy) is 2. The molecular formula is C21H23N5O4. The third-order valence-electron chi connectivity index (χ3n) is 5.01. The highest BCUT2D eigenvalue weighted by Crippen LogP contribution is 2.37. The van der Waals surface area contributed by atoms with Gasteiger partial charge in [0, 0.05) is 24.0 Å². The molecule has 0 saturated carbocycles. The lowest BCUT2D eigenvalue weighted by molar-refractivity contribution is 0.0991. The largest absolute Gasteiger partial charge is 0.491 e. The highest BCUT2D eigenvalue weighted by molar-refractivity contribution is 6.10. The standard InChI is InChI=1S/C21H23N5O4/c1-12(27)11-25-8-7-18(24-25)26-13(2)19-15(21(26)28)5-6-16(23-19)14-9-17(29-3)20(30-4)22-10-14/h5-10,12-13,27H,11H2,1-4H3/t12-,13-/m1/s1. The van der Waals surface area contributed by atoms with Crippen molar-refractivity contribution in [1.82, 2.24) is 19.7 Å². The Morgan fingerprint density at radius 1 is 1.23 bits per heavy atom. The van der Waals surface area contributed by atoms with Crippen molar-refractivity contribution in [2.75, 3.05) is 19.1 Å². The number of pyridine rings is 2. The minimum Gasteiger partial charge on any atom is -0.491 e. The van der Waals surface area contributed by atoms with Gasteiger partial charge in [-0.2, -0.15) is 5.10 Å². The lowest BCUT2D eigenvalue weighted by Gasteiger charge is -2.18. The van der Waals surface area contributed by atoms with Gasteiger partial charge in [0.2, 0.25) is 0 Å². The molecule has 3 aromatic rings. The quantitative estimate of drug-likeness (QED) is 0.667. The summed E-state index contributed by atoms with van der Waals surface area (Å²) in [5.41, 5.74) is 2.67. The van der Waals surface area contributed by atoms with E-state index in [2.05, 4.69) is 10.1 Å². The molecule has 2 atom stereocenters. The summed E-state index contributed by atoms with van der Waals surface area (Å²) in [6, 6.07) is 6.86. The molecule has 1 aliphatic heterocycles. The number of aliphatic hydroxyl groups excluding tert-OH is 1. The number of anilines is 1. The van der Waals surface area contributed by atoms with Crippen molar-refractivity contribution >= 4 is 11.7 Å². The van der Waals surface area contributed by atoms with Gasteiger partial charge < -0.3 is 14.6 Å². The second-order valence-corrected chi connectivity index (χ2v) is 7.16. The van der Waals surface area contributed by atoms with E-state index in [1.54, 1.807) is 60.3 Å². The second-order valence-electron chi connectivity index (χ2n) is 7.16. The van der Waals surface area contributed by atoms with Crippen molar-refractivity contribution in [2.45, 2.75) is 32.5 Å². The summed E-state index contributed by atoms with van der Waals surface area (Å²) < 4.78 is 12.1. The fourth-order valence-electron chi connectivity index (χ4n) is 3.59. The number of methoxy groups -OCH3 is 2. The highest BCUT2D eigenvalue weighted by atomic mass is 16.5. The van der Waals surface area contributed by atoms with Gasteiger partial charge in [-0.15, -0.1) is 0 Å². The predicted octanol–water partition coefficient (Wildman–Crippen LogP) is 2.46. The van der Waals surface area contributed by atoms with E-state index in [9.17, 15) is 9.90 Å². The molecule has 9 heteroatoms. The normalized spacial score (nSPS) is 16.5. The molecule has 0 spiro atoms. The number of carbonyl (C=O) groups is 1. The van der Waals surface area contributed by atoms with Crippen molar-refractivity contribution < 1.29 is 19.4 Å². The minimum absolute atomic E-state index is 0.149. The van der Waals surface area contributed by atoms with Crippen LogP contribution >= 0.6 is 0 Å². The number of aliphatic hydroxyl groups is 1. The molecule has 1 aliphatic rings. The first-order valence-electron chi connectivity index (χ1n) is 9.57. The number of rotatable bonds is 6. The molecule has 1 N–H and O–H groups in total. The molecule has 0 saturated heterocycles. The molecule has 30 heavy (non-hydrogen) atoms. The van der Waals surface area contributed by atoms with E-state index in [0.717, 1.165) is 5.56 Å². The van der Waals surface area contributed by atoms with Crippen LogP contribution in [0, 0.1) is 0 Å². The zero-order valence-electron chi connectivity index (χ0n) is 17.2. The zero-order valence-corrected chi connectivity index (χ0v) is 17.2.